The van der Waals surface area contributed by atoms with Crippen LogP contribution in [0, 0.1) is 16.0 Å². The maximum absolute atomic E-state index is 11.8. The molecule has 1 unspecified atom stereocenters. The van der Waals surface area contributed by atoms with Gasteiger partial charge in [-0.2, -0.15) is 0 Å². The number of nitrogens with one attached hydrogen (secondary N) is 1. The van der Waals surface area contributed by atoms with Gasteiger partial charge in [0.15, 0.2) is 5.76 Å². The number of carbonyl (C=O) groups excluding carboxylic acids is 1. The highest BCUT2D eigenvalue weighted by Crippen LogP contribution is 2.16. The van der Waals surface area contributed by atoms with Gasteiger partial charge in [0.25, 0.3) is 5.91 Å². The summed E-state index contributed by atoms with van der Waals surface area (Å²) in [5.41, 5.74) is 0. The van der Waals surface area contributed by atoms with E-state index < -0.39 is 16.7 Å². The molecular formula is C11H16N2O5. The van der Waals surface area contributed by atoms with E-state index in [0.717, 1.165) is 6.07 Å². The predicted molar refractivity (Wildman–Crippen MR) is 63.2 cm³/mol. The second kappa shape index (κ2) is 6.15. The van der Waals surface area contributed by atoms with Crippen molar-refractivity contribution in [2.75, 3.05) is 6.61 Å². The maximum atomic E-state index is 11.8. The van der Waals surface area contributed by atoms with Crippen LogP contribution in [0.5, 0.6) is 0 Å². The van der Waals surface area contributed by atoms with Crippen LogP contribution in [0.2, 0.25) is 0 Å². The molecule has 1 aromatic rings. The van der Waals surface area contributed by atoms with E-state index in [-0.39, 0.29) is 24.3 Å². The first-order valence-corrected chi connectivity index (χ1v) is 5.61. The Morgan fingerprint density at radius 1 is 1.56 bits per heavy atom. The van der Waals surface area contributed by atoms with Crippen LogP contribution in [-0.4, -0.2) is 28.6 Å². The van der Waals surface area contributed by atoms with Crippen molar-refractivity contribution >= 4 is 11.8 Å². The van der Waals surface area contributed by atoms with Gasteiger partial charge in [-0.15, -0.1) is 0 Å². The van der Waals surface area contributed by atoms with Crippen molar-refractivity contribution in [3.8, 4) is 0 Å². The average Bonchev–Trinajstić information content (AvgIpc) is 2.77. The van der Waals surface area contributed by atoms with Gasteiger partial charge < -0.3 is 14.8 Å². The number of rotatable bonds is 6. The normalized spacial score (nSPS) is 12.4. The van der Waals surface area contributed by atoms with Crippen molar-refractivity contribution < 1.29 is 19.2 Å². The number of nitrogens with zero attached hydrogens (tertiary/aromatic N) is 1. The second-order valence-electron chi connectivity index (χ2n) is 4.23. The smallest absolute Gasteiger partial charge is 0.396 e. The van der Waals surface area contributed by atoms with E-state index >= 15 is 0 Å². The Morgan fingerprint density at radius 3 is 2.67 bits per heavy atom. The zero-order valence-corrected chi connectivity index (χ0v) is 10.3. The average molecular weight is 256 g/mol. The molecule has 18 heavy (non-hydrogen) atoms. The molecule has 0 bridgehead atoms. The summed E-state index contributed by atoms with van der Waals surface area (Å²) in [7, 11) is 0. The molecule has 0 aliphatic carbocycles. The minimum Gasteiger partial charge on any atom is -0.396 e. The van der Waals surface area contributed by atoms with Gasteiger partial charge in [-0.3, -0.25) is 14.9 Å². The summed E-state index contributed by atoms with van der Waals surface area (Å²) in [5.74, 6) is -0.949. The fourth-order valence-corrected chi connectivity index (χ4v) is 1.50. The summed E-state index contributed by atoms with van der Waals surface area (Å²) < 4.78 is 4.79. The number of furan rings is 1. The highest BCUT2D eigenvalue weighted by molar-refractivity contribution is 5.91. The molecule has 1 rings (SSSR count). The standard InChI is InChI=1S/C11H16N2O5/c1-7(2)8(5-6-14)12-11(15)9-3-4-10(18-9)13(16)17/h3-4,7-8,14H,5-6H2,1-2H3,(H,12,15). The van der Waals surface area contributed by atoms with E-state index in [1.807, 2.05) is 13.8 Å². The highest BCUT2D eigenvalue weighted by Gasteiger charge is 2.21. The van der Waals surface area contributed by atoms with Gasteiger partial charge in [-0.25, -0.2) is 0 Å². The number of aliphatic hydroxyl groups excluding tert-OH is 1. The Kier molecular flexibility index (Phi) is 4.85. The highest BCUT2D eigenvalue weighted by atomic mass is 16.6. The summed E-state index contributed by atoms with van der Waals surface area (Å²) in [6.07, 6.45) is 0.423. The van der Waals surface area contributed by atoms with Gasteiger partial charge in [0.1, 0.15) is 4.92 Å². The number of aliphatic hydroxyl groups is 1. The Morgan fingerprint density at radius 2 is 2.22 bits per heavy atom. The first-order chi connectivity index (χ1) is 8.45. The van der Waals surface area contributed by atoms with Crippen LogP contribution in [0.4, 0.5) is 5.88 Å². The van der Waals surface area contributed by atoms with E-state index in [9.17, 15) is 14.9 Å². The van der Waals surface area contributed by atoms with Crippen LogP contribution in [0.3, 0.4) is 0 Å². The first kappa shape index (κ1) is 14.2. The fourth-order valence-electron chi connectivity index (χ4n) is 1.50. The van der Waals surface area contributed by atoms with Crippen molar-refractivity contribution in [3.05, 3.63) is 28.0 Å². The molecule has 7 heteroatoms. The molecule has 0 aliphatic heterocycles. The monoisotopic (exact) mass is 256 g/mol. The van der Waals surface area contributed by atoms with Gasteiger partial charge in [0, 0.05) is 12.6 Å². The molecule has 0 saturated carbocycles. The maximum Gasteiger partial charge on any atom is 0.433 e. The Balaban J connectivity index is 2.71. The summed E-state index contributed by atoms with van der Waals surface area (Å²) in [4.78, 5) is 21.5. The summed E-state index contributed by atoms with van der Waals surface area (Å²) in [6, 6.07) is 2.18. The molecule has 0 aromatic carbocycles. The largest absolute Gasteiger partial charge is 0.433 e. The molecule has 1 amide bonds. The zero-order chi connectivity index (χ0) is 13.7. The minimum atomic E-state index is -0.704. The molecule has 0 aliphatic rings. The lowest BCUT2D eigenvalue weighted by Crippen LogP contribution is -2.39. The lowest BCUT2D eigenvalue weighted by molar-refractivity contribution is -0.402. The Labute approximate surface area is 104 Å². The first-order valence-electron chi connectivity index (χ1n) is 5.61. The fraction of sp³-hybridized carbons (Fsp3) is 0.545. The van der Waals surface area contributed by atoms with E-state index in [0.29, 0.717) is 6.42 Å². The van der Waals surface area contributed by atoms with Crippen LogP contribution >= 0.6 is 0 Å². The van der Waals surface area contributed by atoms with Crippen molar-refractivity contribution in [2.45, 2.75) is 26.3 Å². The third kappa shape index (κ3) is 3.56. The second-order valence-corrected chi connectivity index (χ2v) is 4.23. The third-order valence-corrected chi connectivity index (χ3v) is 2.56. The van der Waals surface area contributed by atoms with Crippen LogP contribution in [0.25, 0.3) is 0 Å². The van der Waals surface area contributed by atoms with Crippen LogP contribution in [-0.2, 0) is 0 Å². The number of hydrogen-bond acceptors (Lipinski definition) is 5. The Bertz CT molecular complexity index is 427. The summed E-state index contributed by atoms with van der Waals surface area (Å²) in [5, 5.41) is 22.0. The number of amides is 1. The van der Waals surface area contributed by atoms with Gasteiger partial charge in [0.2, 0.25) is 0 Å². The lowest BCUT2D eigenvalue weighted by atomic mass is 10.0. The molecule has 2 N–H and O–H groups in total. The van der Waals surface area contributed by atoms with E-state index in [1.165, 1.54) is 6.07 Å². The number of carbonyl (C=O) groups is 1. The molecule has 0 saturated heterocycles. The van der Waals surface area contributed by atoms with Gasteiger partial charge in [-0.05, 0) is 18.4 Å². The number of nitro groups is 1. The van der Waals surface area contributed by atoms with Crippen LogP contribution in [0.15, 0.2) is 16.5 Å². The van der Waals surface area contributed by atoms with Crippen molar-refractivity contribution in [1.82, 2.24) is 5.32 Å². The molecule has 1 atom stereocenters. The molecular weight excluding hydrogens is 240 g/mol. The topological polar surface area (TPSA) is 106 Å². The lowest BCUT2D eigenvalue weighted by Gasteiger charge is -2.20. The molecule has 0 radical (unpaired) electrons. The number of hydrogen-bond donors (Lipinski definition) is 2. The molecule has 7 nitrogen and oxygen atoms in total. The van der Waals surface area contributed by atoms with Gasteiger partial charge in [0.05, 0.1) is 6.07 Å². The van der Waals surface area contributed by atoms with Gasteiger partial charge >= 0.3 is 5.88 Å². The van der Waals surface area contributed by atoms with E-state index in [4.69, 9.17) is 9.52 Å². The zero-order valence-electron chi connectivity index (χ0n) is 10.3. The molecule has 0 spiro atoms. The Hall–Kier alpha value is -1.89. The summed E-state index contributed by atoms with van der Waals surface area (Å²) in [6.45, 7) is 3.78. The quantitative estimate of drug-likeness (QED) is 0.590. The van der Waals surface area contributed by atoms with Crippen molar-refractivity contribution in [1.29, 1.82) is 0 Å². The van der Waals surface area contributed by atoms with Crippen LogP contribution < -0.4 is 5.32 Å². The predicted octanol–water partition coefficient (Wildman–Crippen LogP) is 1.32. The third-order valence-electron chi connectivity index (χ3n) is 2.56. The van der Waals surface area contributed by atoms with Crippen molar-refractivity contribution in [2.24, 2.45) is 5.92 Å². The van der Waals surface area contributed by atoms with Crippen LogP contribution in [0.1, 0.15) is 30.8 Å². The molecule has 100 valence electrons. The SMILES string of the molecule is CC(C)C(CCO)NC(=O)c1ccc([N+](=O)[O-])o1. The minimum absolute atomic E-state index is 0.0402. The van der Waals surface area contributed by atoms with E-state index in [2.05, 4.69) is 5.32 Å². The molecule has 1 heterocycles. The van der Waals surface area contributed by atoms with E-state index in [1.54, 1.807) is 0 Å². The van der Waals surface area contributed by atoms with Gasteiger partial charge in [-0.1, -0.05) is 13.8 Å². The summed E-state index contributed by atoms with van der Waals surface area (Å²) >= 11 is 0. The van der Waals surface area contributed by atoms with Crippen molar-refractivity contribution in [3.63, 3.8) is 0 Å². The molecule has 1 aromatic heterocycles. The molecule has 0 fully saturated rings.